The van der Waals surface area contributed by atoms with Gasteiger partial charge in [0.05, 0.1) is 5.69 Å². The molecule has 0 bridgehead atoms. The zero-order chi connectivity index (χ0) is 12.6. The van der Waals surface area contributed by atoms with Crippen LogP contribution in [0.15, 0.2) is 24.8 Å². The molecular weight excluding hydrogens is 339 g/mol. The van der Waals surface area contributed by atoms with Gasteiger partial charge in [0.2, 0.25) is 5.91 Å². The lowest BCUT2D eigenvalue weighted by molar-refractivity contribution is -0.117. The summed E-state index contributed by atoms with van der Waals surface area (Å²) in [6.45, 7) is 4.12. The largest absolute Gasteiger partial charge is 0.311 e. The number of nitrogens with zero attached hydrogens (tertiary/aromatic N) is 1. The van der Waals surface area contributed by atoms with Crippen LogP contribution >= 0.6 is 22.6 Å². The Morgan fingerprint density at radius 3 is 2.65 bits per heavy atom. The lowest BCUT2D eigenvalue weighted by atomic mass is 10.1. The molecule has 0 spiro atoms. The lowest BCUT2D eigenvalue weighted by Gasteiger charge is -2.18. The molecule has 0 aliphatic carbocycles. The summed E-state index contributed by atoms with van der Waals surface area (Å²) in [6.07, 6.45) is 2.09. The highest BCUT2D eigenvalue weighted by Crippen LogP contribution is 2.31. The second-order valence-electron chi connectivity index (χ2n) is 3.92. The first-order valence-electron chi connectivity index (χ1n) is 5.10. The number of anilines is 1. The molecule has 0 radical (unpaired) electrons. The van der Waals surface area contributed by atoms with Crippen LogP contribution in [0.4, 0.5) is 14.5 Å². The van der Waals surface area contributed by atoms with Gasteiger partial charge < -0.3 is 4.90 Å². The molecule has 1 fully saturated rings. The van der Waals surface area contributed by atoms with E-state index >= 15 is 0 Å². The van der Waals surface area contributed by atoms with Crippen molar-refractivity contribution < 1.29 is 13.6 Å². The molecule has 1 amide bonds. The number of hydrogen-bond acceptors (Lipinski definition) is 1. The van der Waals surface area contributed by atoms with Crippen molar-refractivity contribution in [3.8, 4) is 0 Å². The van der Waals surface area contributed by atoms with E-state index in [1.165, 1.54) is 4.90 Å². The Balaban J connectivity index is 2.38. The molecule has 2 rings (SSSR count). The fourth-order valence-electron chi connectivity index (χ4n) is 1.84. The summed E-state index contributed by atoms with van der Waals surface area (Å²) < 4.78 is 26.7. The van der Waals surface area contributed by atoms with Gasteiger partial charge in [-0.1, -0.05) is 6.08 Å². The Morgan fingerprint density at radius 2 is 2.06 bits per heavy atom. The molecule has 1 aliphatic heterocycles. The second kappa shape index (κ2) is 4.72. The number of carbonyl (C=O) groups is 1. The quantitative estimate of drug-likeness (QED) is 0.457. The number of carbonyl (C=O) groups excluding carboxylic acids is 1. The Hall–Kier alpha value is -0.980. The second-order valence-corrected chi connectivity index (χ2v) is 5.08. The normalized spacial score (nSPS) is 19.8. The van der Waals surface area contributed by atoms with Gasteiger partial charge in [0.1, 0.15) is 0 Å². The van der Waals surface area contributed by atoms with Crippen LogP contribution in [-0.2, 0) is 4.79 Å². The molecule has 0 N–H and O–H groups in total. The number of hydrogen-bond donors (Lipinski definition) is 0. The molecule has 1 aliphatic rings. The Morgan fingerprint density at radius 1 is 1.41 bits per heavy atom. The first-order valence-corrected chi connectivity index (χ1v) is 6.18. The SMILES string of the molecule is C=CC1CC(=O)N(c2cc(F)c(F)cc2I)C1. The monoisotopic (exact) mass is 349 g/mol. The summed E-state index contributed by atoms with van der Waals surface area (Å²) in [4.78, 5) is 13.2. The smallest absolute Gasteiger partial charge is 0.227 e. The molecule has 0 saturated carbocycles. The van der Waals surface area contributed by atoms with Crippen molar-refractivity contribution in [3.05, 3.63) is 40.0 Å². The minimum absolute atomic E-state index is 0.0754. The highest BCUT2D eigenvalue weighted by Gasteiger charge is 2.30. The zero-order valence-electron chi connectivity index (χ0n) is 8.92. The molecule has 1 aromatic rings. The summed E-state index contributed by atoms with van der Waals surface area (Å²) in [5, 5.41) is 0. The van der Waals surface area contributed by atoms with Gasteiger partial charge in [0.25, 0.3) is 0 Å². The highest BCUT2D eigenvalue weighted by molar-refractivity contribution is 14.1. The van der Waals surface area contributed by atoms with Crippen LogP contribution in [-0.4, -0.2) is 12.5 Å². The van der Waals surface area contributed by atoms with Crippen molar-refractivity contribution in [1.29, 1.82) is 0 Å². The van der Waals surface area contributed by atoms with Gasteiger partial charge in [-0.15, -0.1) is 6.58 Å². The summed E-state index contributed by atoms with van der Waals surface area (Å²) in [7, 11) is 0. The van der Waals surface area contributed by atoms with Crippen molar-refractivity contribution in [2.75, 3.05) is 11.4 Å². The van der Waals surface area contributed by atoms with Gasteiger partial charge in [0, 0.05) is 28.5 Å². The maximum atomic E-state index is 13.2. The van der Waals surface area contributed by atoms with Gasteiger partial charge in [-0.3, -0.25) is 4.79 Å². The third-order valence-corrected chi connectivity index (χ3v) is 3.63. The predicted octanol–water partition coefficient (Wildman–Crippen LogP) is 3.11. The van der Waals surface area contributed by atoms with E-state index in [0.717, 1.165) is 12.1 Å². The van der Waals surface area contributed by atoms with E-state index in [1.54, 1.807) is 6.08 Å². The van der Waals surface area contributed by atoms with Crippen LogP contribution in [0.3, 0.4) is 0 Å². The fourth-order valence-corrected chi connectivity index (χ4v) is 2.57. The van der Waals surface area contributed by atoms with Gasteiger partial charge in [0.15, 0.2) is 11.6 Å². The molecule has 1 heterocycles. The molecule has 1 saturated heterocycles. The third-order valence-electron chi connectivity index (χ3n) is 2.77. The minimum atomic E-state index is -0.935. The topological polar surface area (TPSA) is 20.3 Å². The summed E-state index contributed by atoms with van der Waals surface area (Å²) in [5.41, 5.74) is 0.429. The molecule has 17 heavy (non-hydrogen) atoms. The number of halogens is 3. The summed E-state index contributed by atoms with van der Waals surface area (Å²) in [5.74, 6) is -1.84. The Labute approximate surface area is 111 Å². The molecule has 1 atom stereocenters. The maximum Gasteiger partial charge on any atom is 0.227 e. The summed E-state index contributed by atoms with van der Waals surface area (Å²) >= 11 is 1.90. The highest BCUT2D eigenvalue weighted by atomic mass is 127. The zero-order valence-corrected chi connectivity index (χ0v) is 11.1. The molecular formula is C12H10F2INO. The van der Waals surface area contributed by atoms with Gasteiger partial charge in [-0.25, -0.2) is 8.78 Å². The third kappa shape index (κ3) is 2.34. The number of amides is 1. The van der Waals surface area contributed by atoms with Crippen LogP contribution < -0.4 is 4.90 Å². The van der Waals surface area contributed by atoms with Crippen molar-refractivity contribution in [2.24, 2.45) is 5.92 Å². The lowest BCUT2D eigenvalue weighted by Crippen LogP contribution is -2.25. The average Bonchev–Trinajstić information content (AvgIpc) is 2.65. The van der Waals surface area contributed by atoms with Gasteiger partial charge in [-0.05, 0) is 28.7 Å². The molecule has 5 heteroatoms. The van der Waals surface area contributed by atoms with Crippen LogP contribution in [0.5, 0.6) is 0 Å². The predicted molar refractivity (Wildman–Crippen MR) is 69.7 cm³/mol. The van der Waals surface area contributed by atoms with E-state index in [2.05, 4.69) is 6.58 Å². The first kappa shape index (κ1) is 12.5. The first-order chi connectivity index (χ1) is 8.02. The molecule has 2 nitrogen and oxygen atoms in total. The van der Waals surface area contributed by atoms with Crippen LogP contribution in [0.2, 0.25) is 0 Å². The van der Waals surface area contributed by atoms with E-state index in [9.17, 15) is 13.6 Å². The van der Waals surface area contributed by atoms with Gasteiger partial charge >= 0.3 is 0 Å². The number of benzene rings is 1. The molecule has 1 unspecified atom stereocenters. The van der Waals surface area contributed by atoms with Crippen LogP contribution in [0, 0.1) is 21.1 Å². The maximum absolute atomic E-state index is 13.2. The number of rotatable bonds is 2. The Bertz CT molecular complexity index is 490. The molecule has 0 aromatic heterocycles. The molecule has 90 valence electrons. The standard InChI is InChI=1S/C12H10F2INO/c1-2-7-3-12(17)16(6-7)11-5-9(14)8(13)4-10(11)15/h2,4-5,7H,1,3,6H2. The minimum Gasteiger partial charge on any atom is -0.311 e. The van der Waals surface area contributed by atoms with Crippen LogP contribution in [0.25, 0.3) is 0 Å². The van der Waals surface area contributed by atoms with E-state index in [4.69, 9.17) is 0 Å². The van der Waals surface area contributed by atoms with E-state index in [1.807, 2.05) is 22.6 Å². The van der Waals surface area contributed by atoms with E-state index in [-0.39, 0.29) is 11.8 Å². The average molecular weight is 349 g/mol. The fraction of sp³-hybridized carbons (Fsp3) is 0.250. The molecule has 1 aromatic carbocycles. The van der Waals surface area contributed by atoms with Crippen molar-refractivity contribution >= 4 is 34.2 Å². The van der Waals surface area contributed by atoms with Crippen molar-refractivity contribution in [2.45, 2.75) is 6.42 Å². The van der Waals surface area contributed by atoms with E-state index in [0.29, 0.717) is 22.2 Å². The van der Waals surface area contributed by atoms with Crippen molar-refractivity contribution in [1.82, 2.24) is 0 Å². The van der Waals surface area contributed by atoms with Crippen LogP contribution in [0.1, 0.15) is 6.42 Å². The van der Waals surface area contributed by atoms with E-state index < -0.39 is 11.6 Å². The summed E-state index contributed by atoms with van der Waals surface area (Å²) in [6, 6.07) is 2.17. The van der Waals surface area contributed by atoms with Crippen molar-refractivity contribution in [3.63, 3.8) is 0 Å². The van der Waals surface area contributed by atoms with Gasteiger partial charge in [-0.2, -0.15) is 0 Å². The Kier molecular flexibility index (Phi) is 3.46.